The maximum atomic E-state index is 13.6. The highest BCUT2D eigenvalue weighted by molar-refractivity contribution is 6.30. The molecule has 0 aromatic heterocycles. The maximum Gasteiger partial charge on any atom is 0.262 e. The summed E-state index contributed by atoms with van der Waals surface area (Å²) in [6, 6.07) is 9.52. The molecule has 1 N–H and O–H groups in total. The van der Waals surface area contributed by atoms with E-state index in [1.807, 2.05) is 26.0 Å². The molecule has 6 heteroatoms. The summed E-state index contributed by atoms with van der Waals surface area (Å²) in [5.41, 5.74) is 0.763. The van der Waals surface area contributed by atoms with Crippen molar-refractivity contribution in [3.8, 4) is 11.5 Å². The molecule has 1 aliphatic rings. The van der Waals surface area contributed by atoms with E-state index in [4.69, 9.17) is 21.1 Å². The van der Waals surface area contributed by atoms with Gasteiger partial charge in [0.15, 0.2) is 18.1 Å². The number of para-hydroxylation sites is 1. The van der Waals surface area contributed by atoms with Crippen LogP contribution < -0.4 is 14.8 Å². The van der Waals surface area contributed by atoms with E-state index in [-0.39, 0.29) is 17.9 Å². The normalized spacial score (nSPS) is 14.7. The van der Waals surface area contributed by atoms with Crippen LogP contribution in [0.5, 0.6) is 11.5 Å². The highest BCUT2D eigenvalue weighted by Crippen LogP contribution is 2.41. The number of ether oxygens (including phenoxy) is 2. The largest absolute Gasteiger partial charge is 0.483 e. The van der Waals surface area contributed by atoms with Crippen LogP contribution in [0.25, 0.3) is 0 Å². The molecule has 0 bridgehead atoms. The van der Waals surface area contributed by atoms with Crippen molar-refractivity contribution < 1.29 is 18.7 Å². The molecule has 1 amide bonds. The van der Waals surface area contributed by atoms with Crippen LogP contribution in [0.3, 0.4) is 0 Å². The molecule has 0 saturated heterocycles. The molecule has 0 aliphatic carbocycles. The molecule has 2 aromatic rings. The average molecular weight is 350 g/mol. The van der Waals surface area contributed by atoms with Crippen LogP contribution in [0.15, 0.2) is 36.4 Å². The molecule has 1 aliphatic heterocycles. The van der Waals surface area contributed by atoms with Gasteiger partial charge in [0.05, 0.1) is 5.69 Å². The standard InChI is InChI=1S/C18H17ClFNO3/c1-18(2)9-11-4-3-5-15(17(11)24-18)23-10-16(22)21-14-8-12(19)6-7-13(14)20/h3-8H,9-10H2,1-2H3,(H,21,22). The van der Waals surface area contributed by atoms with Gasteiger partial charge in [0.1, 0.15) is 11.4 Å². The molecular weight excluding hydrogens is 333 g/mol. The first kappa shape index (κ1) is 16.6. The number of benzene rings is 2. The van der Waals surface area contributed by atoms with Gasteiger partial charge in [0, 0.05) is 17.0 Å². The van der Waals surface area contributed by atoms with Crippen molar-refractivity contribution in [3.05, 3.63) is 52.8 Å². The van der Waals surface area contributed by atoms with Crippen LogP contribution in [-0.2, 0) is 11.2 Å². The molecule has 2 aromatic carbocycles. The Hall–Kier alpha value is -2.27. The Labute approximate surface area is 144 Å². The summed E-state index contributed by atoms with van der Waals surface area (Å²) in [4.78, 5) is 12.0. The van der Waals surface area contributed by atoms with Gasteiger partial charge in [-0.2, -0.15) is 0 Å². The van der Waals surface area contributed by atoms with Crippen molar-refractivity contribution in [3.63, 3.8) is 0 Å². The number of rotatable bonds is 4. The Morgan fingerprint density at radius 2 is 2.17 bits per heavy atom. The smallest absolute Gasteiger partial charge is 0.262 e. The zero-order chi connectivity index (χ0) is 17.3. The number of amides is 1. The Balaban J connectivity index is 1.66. The minimum Gasteiger partial charge on any atom is -0.483 e. The van der Waals surface area contributed by atoms with Gasteiger partial charge in [0.25, 0.3) is 5.91 Å². The van der Waals surface area contributed by atoms with Gasteiger partial charge in [-0.15, -0.1) is 0 Å². The highest BCUT2D eigenvalue weighted by atomic mass is 35.5. The monoisotopic (exact) mass is 349 g/mol. The number of carbonyl (C=O) groups is 1. The van der Waals surface area contributed by atoms with Crippen molar-refractivity contribution in [2.24, 2.45) is 0 Å². The van der Waals surface area contributed by atoms with E-state index >= 15 is 0 Å². The summed E-state index contributed by atoms with van der Waals surface area (Å²) in [6.45, 7) is 3.73. The molecule has 1 heterocycles. The zero-order valence-electron chi connectivity index (χ0n) is 13.4. The van der Waals surface area contributed by atoms with E-state index in [2.05, 4.69) is 5.32 Å². The van der Waals surface area contributed by atoms with Crippen molar-refractivity contribution in [1.82, 2.24) is 0 Å². The average Bonchev–Trinajstić information content (AvgIpc) is 2.83. The number of carbonyl (C=O) groups excluding carboxylic acids is 1. The van der Waals surface area contributed by atoms with E-state index in [9.17, 15) is 9.18 Å². The number of anilines is 1. The lowest BCUT2D eigenvalue weighted by Gasteiger charge is -2.18. The summed E-state index contributed by atoms with van der Waals surface area (Å²) >= 11 is 5.80. The summed E-state index contributed by atoms with van der Waals surface area (Å²) in [6.07, 6.45) is 0.777. The summed E-state index contributed by atoms with van der Waals surface area (Å²) in [5.74, 6) is 0.119. The number of nitrogens with one attached hydrogen (secondary N) is 1. The molecule has 0 atom stereocenters. The number of hydrogen-bond acceptors (Lipinski definition) is 3. The van der Waals surface area contributed by atoms with E-state index in [0.29, 0.717) is 16.5 Å². The second kappa shape index (κ2) is 6.32. The SMILES string of the molecule is CC1(C)Cc2cccc(OCC(=O)Nc3cc(Cl)ccc3F)c2O1. The van der Waals surface area contributed by atoms with Crippen molar-refractivity contribution in [2.75, 3.05) is 11.9 Å². The lowest BCUT2D eigenvalue weighted by atomic mass is 10.0. The Morgan fingerprint density at radius 3 is 2.96 bits per heavy atom. The molecule has 0 saturated carbocycles. The van der Waals surface area contributed by atoms with Crippen LogP contribution >= 0.6 is 11.6 Å². The van der Waals surface area contributed by atoms with Crippen molar-refractivity contribution in [2.45, 2.75) is 25.9 Å². The Kier molecular flexibility index (Phi) is 4.37. The third-order valence-corrected chi connectivity index (χ3v) is 3.85. The number of fused-ring (bicyclic) bond motifs is 1. The Bertz CT molecular complexity index is 792. The van der Waals surface area contributed by atoms with Crippen molar-refractivity contribution in [1.29, 1.82) is 0 Å². The predicted octanol–water partition coefficient (Wildman–Crippen LogP) is 4.21. The van der Waals surface area contributed by atoms with Gasteiger partial charge in [-0.25, -0.2) is 4.39 Å². The van der Waals surface area contributed by atoms with E-state index < -0.39 is 11.7 Å². The van der Waals surface area contributed by atoms with Crippen LogP contribution in [0.4, 0.5) is 10.1 Å². The first-order valence-electron chi connectivity index (χ1n) is 7.53. The molecule has 126 valence electrons. The van der Waals surface area contributed by atoms with E-state index in [1.165, 1.54) is 18.2 Å². The van der Waals surface area contributed by atoms with Crippen LogP contribution in [0.2, 0.25) is 5.02 Å². The summed E-state index contributed by atoms with van der Waals surface area (Å²) in [5, 5.41) is 2.78. The van der Waals surface area contributed by atoms with E-state index in [1.54, 1.807) is 6.07 Å². The van der Waals surface area contributed by atoms with Gasteiger partial charge >= 0.3 is 0 Å². The van der Waals surface area contributed by atoms with Gasteiger partial charge in [-0.1, -0.05) is 23.7 Å². The first-order chi connectivity index (χ1) is 11.3. The third-order valence-electron chi connectivity index (χ3n) is 3.62. The minimum absolute atomic E-state index is 0.0202. The van der Waals surface area contributed by atoms with Crippen molar-refractivity contribution >= 4 is 23.2 Å². The number of hydrogen-bond donors (Lipinski definition) is 1. The maximum absolute atomic E-state index is 13.6. The molecule has 0 unspecified atom stereocenters. The van der Waals surface area contributed by atoms with Gasteiger partial charge in [0.2, 0.25) is 0 Å². The topological polar surface area (TPSA) is 47.6 Å². The lowest BCUT2D eigenvalue weighted by Crippen LogP contribution is -2.25. The third kappa shape index (κ3) is 3.62. The molecule has 0 radical (unpaired) electrons. The fourth-order valence-corrected chi connectivity index (χ4v) is 2.80. The summed E-state index contributed by atoms with van der Waals surface area (Å²) < 4.78 is 25.1. The van der Waals surface area contributed by atoms with Crippen LogP contribution in [-0.4, -0.2) is 18.1 Å². The minimum atomic E-state index is -0.557. The fourth-order valence-electron chi connectivity index (χ4n) is 2.62. The van der Waals surface area contributed by atoms with Gasteiger partial charge < -0.3 is 14.8 Å². The van der Waals surface area contributed by atoms with E-state index in [0.717, 1.165) is 12.0 Å². The quantitative estimate of drug-likeness (QED) is 0.899. The summed E-state index contributed by atoms with van der Waals surface area (Å²) in [7, 11) is 0. The van der Waals surface area contributed by atoms with Gasteiger partial charge in [-0.05, 0) is 38.1 Å². The fraction of sp³-hybridized carbons (Fsp3) is 0.278. The lowest BCUT2D eigenvalue weighted by molar-refractivity contribution is -0.118. The second-order valence-corrected chi connectivity index (χ2v) is 6.68. The number of halogens is 2. The van der Waals surface area contributed by atoms with Crippen LogP contribution in [0, 0.1) is 5.82 Å². The molecule has 3 rings (SSSR count). The van der Waals surface area contributed by atoms with Crippen LogP contribution in [0.1, 0.15) is 19.4 Å². The second-order valence-electron chi connectivity index (χ2n) is 6.24. The zero-order valence-corrected chi connectivity index (χ0v) is 14.1. The molecule has 0 spiro atoms. The molecule has 4 nitrogen and oxygen atoms in total. The molecule has 24 heavy (non-hydrogen) atoms. The Morgan fingerprint density at radius 1 is 1.38 bits per heavy atom. The molecule has 0 fully saturated rings. The molecular formula is C18H17ClFNO3. The van der Waals surface area contributed by atoms with Gasteiger partial charge in [-0.3, -0.25) is 4.79 Å². The first-order valence-corrected chi connectivity index (χ1v) is 7.90. The predicted molar refractivity (Wildman–Crippen MR) is 90.4 cm³/mol. The highest BCUT2D eigenvalue weighted by Gasteiger charge is 2.32.